The summed E-state index contributed by atoms with van der Waals surface area (Å²) in [6.45, 7) is 3.52. The molecule has 2 heterocycles. The molecule has 1 aliphatic rings. The van der Waals surface area contributed by atoms with Gasteiger partial charge in [-0.25, -0.2) is 9.97 Å². The minimum absolute atomic E-state index is 0.550. The van der Waals surface area contributed by atoms with Gasteiger partial charge in [-0.2, -0.15) is 11.8 Å². The Morgan fingerprint density at radius 1 is 1.30 bits per heavy atom. The van der Waals surface area contributed by atoms with Gasteiger partial charge in [-0.15, -0.1) is 0 Å². The van der Waals surface area contributed by atoms with Crippen LogP contribution in [0.1, 0.15) is 18.7 Å². The summed E-state index contributed by atoms with van der Waals surface area (Å²) in [5, 5.41) is 11.6. The van der Waals surface area contributed by atoms with Crippen molar-refractivity contribution in [3.05, 3.63) is 24.0 Å². The Balaban J connectivity index is 1.95. The molecule has 1 fully saturated rings. The molecule has 6 heteroatoms. The highest BCUT2D eigenvalue weighted by Crippen LogP contribution is 2.33. The summed E-state index contributed by atoms with van der Waals surface area (Å²) in [5.41, 5.74) is 0.299. The van der Waals surface area contributed by atoms with Crippen molar-refractivity contribution in [2.45, 2.75) is 25.4 Å². The highest BCUT2D eigenvalue weighted by atomic mass is 32.2. The maximum absolute atomic E-state index is 10.6. The SMILES string of the molecule is COc1cccc2c(N3CCC(O)(CSC)CC3)nc(C)nc12. The molecule has 0 aliphatic carbocycles. The van der Waals surface area contributed by atoms with Crippen molar-refractivity contribution in [1.82, 2.24) is 9.97 Å². The quantitative estimate of drug-likeness (QED) is 0.928. The van der Waals surface area contributed by atoms with E-state index in [0.29, 0.717) is 0 Å². The predicted molar refractivity (Wildman–Crippen MR) is 95.6 cm³/mol. The normalized spacial score (nSPS) is 17.5. The number of thioether (sulfide) groups is 1. The van der Waals surface area contributed by atoms with Crippen molar-refractivity contribution in [3.8, 4) is 5.75 Å². The molecule has 0 unspecified atom stereocenters. The Kier molecular flexibility index (Phi) is 4.64. The fourth-order valence-electron chi connectivity index (χ4n) is 3.17. The number of methoxy groups -OCH3 is 1. The second-order valence-corrected chi connectivity index (χ2v) is 6.96. The first-order valence-electron chi connectivity index (χ1n) is 7.84. The number of nitrogens with zero attached hydrogens (tertiary/aromatic N) is 3. The molecule has 0 radical (unpaired) electrons. The third-order valence-corrected chi connectivity index (χ3v) is 5.23. The summed E-state index contributed by atoms with van der Waals surface area (Å²) >= 11 is 1.70. The van der Waals surface area contributed by atoms with E-state index in [2.05, 4.69) is 14.9 Å². The number of piperidine rings is 1. The fraction of sp³-hybridized carbons (Fsp3) is 0.529. The van der Waals surface area contributed by atoms with Crippen molar-refractivity contribution in [3.63, 3.8) is 0 Å². The smallest absolute Gasteiger partial charge is 0.145 e. The van der Waals surface area contributed by atoms with E-state index in [4.69, 9.17) is 4.74 Å². The molecule has 124 valence electrons. The molecule has 0 saturated carbocycles. The average Bonchev–Trinajstić information content (AvgIpc) is 2.54. The number of para-hydroxylation sites is 1. The van der Waals surface area contributed by atoms with Crippen molar-refractivity contribution in [2.75, 3.05) is 37.1 Å². The molecule has 1 aliphatic heterocycles. The minimum atomic E-state index is -0.550. The van der Waals surface area contributed by atoms with Gasteiger partial charge in [0.05, 0.1) is 12.7 Å². The maximum Gasteiger partial charge on any atom is 0.145 e. The van der Waals surface area contributed by atoms with Crippen molar-refractivity contribution < 1.29 is 9.84 Å². The first-order valence-corrected chi connectivity index (χ1v) is 9.23. The Morgan fingerprint density at radius 3 is 2.70 bits per heavy atom. The van der Waals surface area contributed by atoms with Gasteiger partial charge in [0.1, 0.15) is 22.9 Å². The summed E-state index contributed by atoms with van der Waals surface area (Å²) in [6, 6.07) is 5.93. The van der Waals surface area contributed by atoms with Gasteiger partial charge in [-0.05, 0) is 38.2 Å². The number of rotatable bonds is 4. The van der Waals surface area contributed by atoms with E-state index >= 15 is 0 Å². The lowest BCUT2D eigenvalue weighted by Crippen LogP contribution is -2.46. The molecule has 1 aromatic heterocycles. The van der Waals surface area contributed by atoms with Crippen LogP contribution in [0, 0.1) is 6.92 Å². The molecule has 0 spiro atoms. The summed E-state index contributed by atoms with van der Waals surface area (Å²) in [7, 11) is 1.66. The summed E-state index contributed by atoms with van der Waals surface area (Å²) in [6.07, 6.45) is 3.57. The molecular formula is C17H23N3O2S. The summed E-state index contributed by atoms with van der Waals surface area (Å²) in [5.74, 6) is 3.24. The largest absolute Gasteiger partial charge is 0.494 e. The van der Waals surface area contributed by atoms with Gasteiger partial charge in [0.2, 0.25) is 0 Å². The van der Waals surface area contributed by atoms with Crippen molar-refractivity contribution in [2.24, 2.45) is 0 Å². The average molecular weight is 333 g/mol. The van der Waals surface area contributed by atoms with Crippen LogP contribution < -0.4 is 9.64 Å². The second-order valence-electron chi connectivity index (χ2n) is 6.10. The number of benzene rings is 1. The monoisotopic (exact) mass is 333 g/mol. The molecule has 1 saturated heterocycles. The van der Waals surface area contributed by atoms with Gasteiger partial charge in [0.15, 0.2) is 0 Å². The van der Waals surface area contributed by atoms with Crippen LogP contribution in [0.4, 0.5) is 5.82 Å². The zero-order valence-corrected chi connectivity index (χ0v) is 14.7. The molecule has 0 amide bonds. The molecule has 1 N–H and O–H groups in total. The number of hydrogen-bond donors (Lipinski definition) is 1. The molecule has 1 aromatic carbocycles. The molecule has 0 atom stereocenters. The molecular weight excluding hydrogens is 310 g/mol. The number of ether oxygens (including phenoxy) is 1. The van der Waals surface area contributed by atoms with E-state index in [0.717, 1.165) is 60.0 Å². The third kappa shape index (κ3) is 3.23. The minimum Gasteiger partial charge on any atom is -0.494 e. The lowest BCUT2D eigenvalue weighted by molar-refractivity contribution is 0.0400. The zero-order chi connectivity index (χ0) is 16.4. The van der Waals surface area contributed by atoms with Crippen LogP contribution in [0.3, 0.4) is 0 Å². The standard InChI is InChI=1S/C17H23N3O2S/c1-12-18-15-13(5-4-6-14(15)22-2)16(19-12)20-9-7-17(21,8-10-20)11-23-3/h4-6,21H,7-11H2,1-3H3. The van der Waals surface area contributed by atoms with Gasteiger partial charge in [0.25, 0.3) is 0 Å². The van der Waals surface area contributed by atoms with Crippen LogP contribution in [-0.2, 0) is 0 Å². The van der Waals surface area contributed by atoms with E-state index in [1.165, 1.54) is 0 Å². The van der Waals surface area contributed by atoms with Gasteiger partial charge in [0, 0.05) is 24.2 Å². The lowest BCUT2D eigenvalue weighted by atomic mass is 9.93. The van der Waals surface area contributed by atoms with E-state index in [-0.39, 0.29) is 0 Å². The number of aromatic nitrogens is 2. The molecule has 0 bridgehead atoms. The van der Waals surface area contributed by atoms with Crippen LogP contribution >= 0.6 is 11.8 Å². The lowest BCUT2D eigenvalue weighted by Gasteiger charge is -2.38. The van der Waals surface area contributed by atoms with Crippen LogP contribution in [0.25, 0.3) is 10.9 Å². The number of aryl methyl sites for hydroxylation is 1. The fourth-order valence-corrected chi connectivity index (χ4v) is 4.00. The summed E-state index contributed by atoms with van der Waals surface area (Å²) < 4.78 is 5.44. The van der Waals surface area contributed by atoms with E-state index in [1.54, 1.807) is 18.9 Å². The van der Waals surface area contributed by atoms with E-state index in [1.807, 2.05) is 31.4 Å². The molecule has 23 heavy (non-hydrogen) atoms. The Bertz CT molecular complexity index is 700. The Morgan fingerprint density at radius 2 is 2.04 bits per heavy atom. The zero-order valence-electron chi connectivity index (χ0n) is 13.9. The predicted octanol–water partition coefficient (Wildman–Crippen LogP) is 2.64. The van der Waals surface area contributed by atoms with Gasteiger partial charge < -0.3 is 14.7 Å². The first kappa shape index (κ1) is 16.3. The number of aliphatic hydroxyl groups is 1. The highest BCUT2D eigenvalue weighted by molar-refractivity contribution is 7.98. The van der Waals surface area contributed by atoms with Crippen LogP contribution in [0.2, 0.25) is 0 Å². The Hall–Kier alpha value is -1.53. The van der Waals surface area contributed by atoms with Crippen molar-refractivity contribution >= 4 is 28.5 Å². The number of hydrogen-bond acceptors (Lipinski definition) is 6. The number of anilines is 1. The van der Waals surface area contributed by atoms with Crippen LogP contribution in [0.15, 0.2) is 18.2 Å². The molecule has 3 rings (SSSR count). The Labute approximate surface area is 141 Å². The van der Waals surface area contributed by atoms with E-state index < -0.39 is 5.60 Å². The van der Waals surface area contributed by atoms with Crippen LogP contribution in [-0.4, -0.2) is 52.9 Å². The summed E-state index contributed by atoms with van der Waals surface area (Å²) in [4.78, 5) is 11.5. The first-order chi connectivity index (χ1) is 11.1. The van der Waals surface area contributed by atoms with Gasteiger partial charge in [-0.3, -0.25) is 0 Å². The second kappa shape index (κ2) is 6.53. The van der Waals surface area contributed by atoms with Gasteiger partial charge in [-0.1, -0.05) is 6.07 Å². The third-order valence-electron chi connectivity index (χ3n) is 4.41. The van der Waals surface area contributed by atoms with Crippen molar-refractivity contribution in [1.29, 1.82) is 0 Å². The molecule has 5 nitrogen and oxygen atoms in total. The number of fused-ring (bicyclic) bond motifs is 1. The topological polar surface area (TPSA) is 58.5 Å². The van der Waals surface area contributed by atoms with Crippen LogP contribution in [0.5, 0.6) is 5.75 Å². The van der Waals surface area contributed by atoms with E-state index in [9.17, 15) is 5.11 Å². The molecule has 2 aromatic rings. The highest BCUT2D eigenvalue weighted by Gasteiger charge is 2.32. The van der Waals surface area contributed by atoms with Gasteiger partial charge >= 0.3 is 0 Å². The maximum atomic E-state index is 10.6.